The maximum absolute atomic E-state index is 13.0. The fourth-order valence-electron chi connectivity index (χ4n) is 3.53. The molecule has 0 bridgehead atoms. The maximum atomic E-state index is 13.0. The minimum Gasteiger partial charge on any atom is -0.352 e. The van der Waals surface area contributed by atoms with Crippen LogP contribution in [0.3, 0.4) is 0 Å². The molecule has 35 heavy (non-hydrogen) atoms. The number of benzene rings is 1. The lowest BCUT2D eigenvalue weighted by atomic mass is 10.2. The minimum absolute atomic E-state index is 0.175. The molecule has 1 atom stereocenters. The quantitative estimate of drug-likeness (QED) is 0.466. The number of hydrogen-bond donors (Lipinski definition) is 2. The zero-order valence-electron chi connectivity index (χ0n) is 18.8. The average Bonchev–Trinajstić information content (AvgIpc) is 2.79. The van der Waals surface area contributed by atoms with E-state index in [4.69, 9.17) is 11.6 Å². The van der Waals surface area contributed by atoms with E-state index in [-0.39, 0.29) is 16.7 Å². The second kappa shape index (κ2) is 9.63. The topological polar surface area (TPSA) is 103 Å². The van der Waals surface area contributed by atoms with Crippen molar-refractivity contribution in [2.75, 3.05) is 48.2 Å². The van der Waals surface area contributed by atoms with E-state index in [1.807, 2.05) is 11.9 Å². The van der Waals surface area contributed by atoms with Gasteiger partial charge in [-0.2, -0.15) is 18.2 Å². The first-order valence-electron chi connectivity index (χ1n) is 10.6. The van der Waals surface area contributed by atoms with Crippen molar-refractivity contribution in [3.63, 3.8) is 0 Å². The van der Waals surface area contributed by atoms with E-state index in [1.54, 1.807) is 0 Å². The number of piperazine rings is 1. The number of likely N-dealkylation sites (N-methyl/N-ethyl adjacent to an activating group) is 1. The van der Waals surface area contributed by atoms with Crippen LogP contribution in [-0.4, -0.2) is 66.9 Å². The van der Waals surface area contributed by atoms with Gasteiger partial charge in [0, 0.05) is 37.3 Å². The van der Waals surface area contributed by atoms with Crippen LogP contribution in [0.2, 0.25) is 5.15 Å². The molecule has 0 amide bonds. The van der Waals surface area contributed by atoms with Crippen LogP contribution < -0.4 is 14.9 Å². The molecule has 188 valence electrons. The Kier molecular flexibility index (Phi) is 6.93. The van der Waals surface area contributed by atoms with Crippen LogP contribution >= 0.6 is 11.6 Å². The molecule has 1 aliphatic rings. The normalized spacial score (nSPS) is 16.3. The molecule has 1 aliphatic heterocycles. The largest absolute Gasteiger partial charge is 0.416 e. The number of halogens is 4. The van der Waals surface area contributed by atoms with Crippen LogP contribution in [0.5, 0.6) is 0 Å². The lowest BCUT2D eigenvalue weighted by molar-refractivity contribution is -0.137. The van der Waals surface area contributed by atoms with Gasteiger partial charge in [-0.15, -0.1) is 0 Å². The first-order chi connectivity index (χ1) is 16.4. The fourth-order valence-corrected chi connectivity index (χ4v) is 4.59. The molecular weight excluding hydrogens is 507 g/mol. The molecule has 0 aliphatic carbocycles. The van der Waals surface area contributed by atoms with E-state index < -0.39 is 27.1 Å². The fraction of sp³-hybridized carbons (Fsp3) is 0.381. The SMILES string of the molecule is CC(Nc1nc(N2CCN(C)CC2)nc2cnc(Cl)cc12)S(=O)(=O)Nc1cccc(C(F)(F)F)c1. The van der Waals surface area contributed by atoms with Crippen molar-refractivity contribution >= 4 is 50.0 Å². The van der Waals surface area contributed by atoms with Gasteiger partial charge >= 0.3 is 6.18 Å². The number of fused-ring (bicyclic) bond motifs is 1. The Morgan fingerprint density at radius 2 is 1.83 bits per heavy atom. The number of sulfonamides is 1. The van der Waals surface area contributed by atoms with E-state index >= 15 is 0 Å². The Labute approximate surface area is 205 Å². The van der Waals surface area contributed by atoms with Crippen molar-refractivity contribution in [1.82, 2.24) is 19.9 Å². The van der Waals surface area contributed by atoms with Crippen LogP contribution in [0.4, 0.5) is 30.6 Å². The van der Waals surface area contributed by atoms with Gasteiger partial charge in [0.15, 0.2) is 0 Å². The molecule has 1 unspecified atom stereocenters. The summed E-state index contributed by atoms with van der Waals surface area (Å²) in [4.78, 5) is 17.3. The first kappa shape index (κ1) is 25.2. The van der Waals surface area contributed by atoms with Crippen LogP contribution in [-0.2, 0) is 16.2 Å². The highest BCUT2D eigenvalue weighted by atomic mass is 35.5. The summed E-state index contributed by atoms with van der Waals surface area (Å²) < 4.78 is 67.1. The second-order valence-electron chi connectivity index (χ2n) is 8.20. The van der Waals surface area contributed by atoms with Crippen molar-refractivity contribution in [3.8, 4) is 0 Å². The molecule has 0 radical (unpaired) electrons. The monoisotopic (exact) mass is 529 g/mol. The summed E-state index contributed by atoms with van der Waals surface area (Å²) in [6, 6.07) is 5.50. The van der Waals surface area contributed by atoms with Gasteiger partial charge < -0.3 is 15.1 Å². The van der Waals surface area contributed by atoms with Crippen LogP contribution in [0.15, 0.2) is 36.5 Å². The van der Waals surface area contributed by atoms with Crippen molar-refractivity contribution < 1.29 is 21.6 Å². The third-order valence-corrected chi connectivity index (χ3v) is 7.35. The van der Waals surface area contributed by atoms with Crippen molar-refractivity contribution in [3.05, 3.63) is 47.2 Å². The van der Waals surface area contributed by atoms with Gasteiger partial charge in [-0.05, 0) is 38.2 Å². The van der Waals surface area contributed by atoms with Gasteiger partial charge in [0.05, 0.1) is 17.3 Å². The van der Waals surface area contributed by atoms with Crippen LogP contribution in [0.1, 0.15) is 12.5 Å². The van der Waals surface area contributed by atoms with Crippen molar-refractivity contribution in [1.29, 1.82) is 0 Å². The lowest BCUT2D eigenvalue weighted by Gasteiger charge is -2.32. The zero-order chi connectivity index (χ0) is 25.4. The highest BCUT2D eigenvalue weighted by molar-refractivity contribution is 7.93. The number of alkyl halides is 3. The van der Waals surface area contributed by atoms with E-state index in [0.717, 1.165) is 31.3 Å². The number of anilines is 3. The minimum atomic E-state index is -4.60. The lowest BCUT2D eigenvalue weighted by Crippen LogP contribution is -2.45. The third-order valence-electron chi connectivity index (χ3n) is 5.58. The molecular formula is C21H23ClF3N7O2S. The van der Waals surface area contributed by atoms with Gasteiger partial charge in [-0.1, -0.05) is 17.7 Å². The van der Waals surface area contributed by atoms with E-state index in [0.29, 0.717) is 29.9 Å². The number of pyridine rings is 1. The van der Waals surface area contributed by atoms with Crippen molar-refractivity contribution in [2.24, 2.45) is 0 Å². The number of nitrogens with zero attached hydrogens (tertiary/aromatic N) is 5. The van der Waals surface area contributed by atoms with Gasteiger partial charge in [-0.25, -0.2) is 18.4 Å². The van der Waals surface area contributed by atoms with Gasteiger partial charge in [-0.3, -0.25) is 4.72 Å². The molecule has 4 rings (SSSR count). The molecule has 14 heteroatoms. The average molecular weight is 530 g/mol. The third kappa shape index (κ3) is 5.85. The summed E-state index contributed by atoms with van der Waals surface area (Å²) in [6.45, 7) is 4.37. The number of aromatic nitrogens is 3. The van der Waals surface area contributed by atoms with Gasteiger partial charge in [0.25, 0.3) is 10.0 Å². The second-order valence-corrected chi connectivity index (χ2v) is 10.6. The molecule has 0 saturated carbocycles. The highest BCUT2D eigenvalue weighted by Crippen LogP contribution is 2.31. The zero-order valence-corrected chi connectivity index (χ0v) is 20.4. The Morgan fingerprint density at radius 3 is 2.51 bits per heavy atom. The molecule has 3 heterocycles. The Balaban J connectivity index is 1.63. The molecule has 3 aromatic rings. The van der Waals surface area contributed by atoms with E-state index in [1.165, 1.54) is 25.3 Å². The number of rotatable bonds is 6. The summed E-state index contributed by atoms with van der Waals surface area (Å²) in [6.07, 6.45) is -3.12. The van der Waals surface area contributed by atoms with E-state index in [2.05, 4.69) is 29.9 Å². The Morgan fingerprint density at radius 1 is 1.11 bits per heavy atom. The van der Waals surface area contributed by atoms with Crippen LogP contribution in [0, 0.1) is 0 Å². The summed E-state index contributed by atoms with van der Waals surface area (Å²) in [5, 5.41) is 2.23. The standard InChI is InChI=1S/C21H23ClF3N7O2S/c1-13(35(33,34)30-15-5-3-4-14(10-15)21(23,24)25)27-19-16-11-18(22)26-12-17(16)28-20(29-19)32-8-6-31(2)7-9-32/h3-5,10-13,30H,6-9H2,1-2H3,(H,27,28,29). The summed E-state index contributed by atoms with van der Waals surface area (Å²) in [5.41, 5.74) is -0.693. The Bertz CT molecular complexity index is 1330. The summed E-state index contributed by atoms with van der Waals surface area (Å²) >= 11 is 6.05. The molecule has 1 aromatic carbocycles. The maximum Gasteiger partial charge on any atom is 0.416 e. The van der Waals surface area contributed by atoms with Crippen molar-refractivity contribution in [2.45, 2.75) is 18.5 Å². The molecule has 2 aromatic heterocycles. The molecule has 0 spiro atoms. The summed E-state index contributed by atoms with van der Waals surface area (Å²) in [5.74, 6) is 0.628. The van der Waals surface area contributed by atoms with Gasteiger partial charge in [0.2, 0.25) is 5.95 Å². The molecule has 1 fully saturated rings. The molecule has 9 nitrogen and oxygen atoms in total. The first-order valence-corrected chi connectivity index (χ1v) is 12.6. The molecule has 2 N–H and O–H groups in total. The highest BCUT2D eigenvalue weighted by Gasteiger charge is 2.31. The van der Waals surface area contributed by atoms with E-state index in [9.17, 15) is 21.6 Å². The molecule has 1 saturated heterocycles. The van der Waals surface area contributed by atoms with Crippen LogP contribution in [0.25, 0.3) is 10.9 Å². The number of nitrogens with one attached hydrogen (secondary N) is 2. The smallest absolute Gasteiger partial charge is 0.352 e. The predicted molar refractivity (Wildman–Crippen MR) is 129 cm³/mol. The summed E-state index contributed by atoms with van der Waals surface area (Å²) in [7, 11) is -2.14. The predicted octanol–water partition coefficient (Wildman–Crippen LogP) is 3.65. The van der Waals surface area contributed by atoms with Gasteiger partial charge in [0.1, 0.15) is 16.3 Å². The number of hydrogen-bond acceptors (Lipinski definition) is 8. The Hall–Kier alpha value is -2.90.